The molecule has 6 rings (SSSR count). The van der Waals surface area contributed by atoms with Crippen LogP contribution in [0, 0.1) is 10.1 Å². The number of hydrogen-bond donors (Lipinski definition) is 0. The molecule has 1 atom stereocenters. The van der Waals surface area contributed by atoms with Gasteiger partial charge in [0.15, 0.2) is 0 Å². The molecule has 2 aromatic heterocycles. The van der Waals surface area contributed by atoms with Crippen LogP contribution in [0.5, 0.6) is 0 Å². The fraction of sp³-hybridized carbons (Fsp3) is 0.100. The molecule has 0 fully saturated rings. The van der Waals surface area contributed by atoms with Crippen LogP contribution in [0.3, 0.4) is 0 Å². The second-order valence-corrected chi connectivity index (χ2v) is 9.05. The number of imidazole rings is 1. The van der Waals surface area contributed by atoms with Crippen molar-refractivity contribution in [1.29, 1.82) is 0 Å². The summed E-state index contributed by atoms with van der Waals surface area (Å²) >= 11 is 0. The third kappa shape index (κ3) is 3.73. The van der Waals surface area contributed by atoms with E-state index in [-0.39, 0.29) is 16.7 Å². The number of rotatable bonds is 6. The summed E-state index contributed by atoms with van der Waals surface area (Å²) in [6.07, 6.45) is 7.17. The molecule has 0 saturated heterocycles. The first-order valence-electron chi connectivity index (χ1n) is 11.9. The highest BCUT2D eigenvalue weighted by Crippen LogP contribution is 2.36. The summed E-state index contributed by atoms with van der Waals surface area (Å²) in [5, 5.41) is 16.5. The number of aromatic nitrogens is 3. The smallest absolute Gasteiger partial charge is 0.294 e. The van der Waals surface area contributed by atoms with E-state index in [1.807, 2.05) is 71.8 Å². The van der Waals surface area contributed by atoms with Crippen LogP contribution in [0.15, 0.2) is 110 Å². The quantitative estimate of drug-likeness (QED) is 0.190. The lowest BCUT2D eigenvalue weighted by Gasteiger charge is -2.19. The molecular weight excluding hydrogens is 448 g/mol. The molecule has 0 N–H and O–H groups in total. The summed E-state index contributed by atoms with van der Waals surface area (Å²) in [6.45, 7) is 2.63. The van der Waals surface area contributed by atoms with Gasteiger partial charge in [-0.25, -0.2) is 4.98 Å². The first-order chi connectivity index (χ1) is 17.6. The molecule has 2 heterocycles. The Morgan fingerprint density at radius 1 is 0.833 bits per heavy atom. The zero-order valence-electron chi connectivity index (χ0n) is 19.8. The van der Waals surface area contributed by atoms with Gasteiger partial charge in [0.1, 0.15) is 0 Å². The fourth-order valence-electron chi connectivity index (χ4n) is 5.16. The molecule has 1 unspecified atom stereocenters. The van der Waals surface area contributed by atoms with Crippen LogP contribution in [-0.4, -0.2) is 19.0 Å². The molecule has 6 aromatic rings. The summed E-state index contributed by atoms with van der Waals surface area (Å²) < 4.78 is 4.03. The lowest BCUT2D eigenvalue weighted by Crippen LogP contribution is -2.12. The lowest BCUT2D eigenvalue weighted by atomic mass is 9.99. The van der Waals surface area contributed by atoms with E-state index in [9.17, 15) is 10.1 Å². The molecule has 0 saturated carbocycles. The van der Waals surface area contributed by atoms with Crippen LogP contribution in [0.4, 0.5) is 5.69 Å². The van der Waals surface area contributed by atoms with E-state index in [2.05, 4.69) is 52.9 Å². The van der Waals surface area contributed by atoms with E-state index in [4.69, 9.17) is 0 Å². The largest absolute Gasteiger partial charge is 0.341 e. The molecule has 0 bridgehead atoms. The number of nitrogens with zero attached hydrogens (tertiary/aromatic N) is 4. The molecule has 6 heteroatoms. The normalized spacial score (nSPS) is 12.2. The van der Waals surface area contributed by atoms with Crippen molar-refractivity contribution < 1.29 is 4.92 Å². The van der Waals surface area contributed by atoms with Crippen molar-refractivity contribution in [2.75, 3.05) is 0 Å². The van der Waals surface area contributed by atoms with E-state index in [1.165, 1.54) is 16.3 Å². The minimum Gasteiger partial charge on any atom is -0.341 e. The molecule has 0 aliphatic carbocycles. The van der Waals surface area contributed by atoms with Gasteiger partial charge in [0.05, 0.1) is 41.3 Å². The average molecular weight is 473 g/mol. The first-order valence-corrected chi connectivity index (χ1v) is 11.9. The van der Waals surface area contributed by atoms with Crippen molar-refractivity contribution in [3.63, 3.8) is 0 Å². The van der Waals surface area contributed by atoms with Gasteiger partial charge in [0, 0.05) is 12.4 Å². The van der Waals surface area contributed by atoms with Gasteiger partial charge in [-0.3, -0.25) is 10.1 Å². The highest BCUT2D eigenvalue weighted by atomic mass is 16.6. The van der Waals surface area contributed by atoms with Crippen LogP contribution in [-0.2, 0) is 6.54 Å². The number of hydrogen-bond acceptors (Lipinski definition) is 3. The Balaban J connectivity index is 1.39. The molecule has 0 spiro atoms. The summed E-state index contributed by atoms with van der Waals surface area (Å²) in [5.74, 6) is 0. The molecule has 36 heavy (non-hydrogen) atoms. The van der Waals surface area contributed by atoms with E-state index in [0.717, 1.165) is 22.0 Å². The van der Waals surface area contributed by atoms with E-state index in [1.54, 1.807) is 6.20 Å². The molecule has 176 valence electrons. The van der Waals surface area contributed by atoms with Gasteiger partial charge in [-0.1, -0.05) is 84.9 Å². The topological polar surface area (TPSA) is 65.9 Å². The minimum atomic E-state index is -0.302. The molecular formula is C30H24N4O2. The Morgan fingerprint density at radius 2 is 1.50 bits per heavy atom. The monoisotopic (exact) mass is 472 g/mol. The van der Waals surface area contributed by atoms with Crippen molar-refractivity contribution in [3.8, 4) is 11.1 Å². The summed E-state index contributed by atoms with van der Waals surface area (Å²) in [5.41, 5.74) is 3.76. The standard InChI is InChI=1S/C30H24N4O2/c1-21(25-14-6-10-22-8-2-4-12-26(22)25)33-20-31-16-24(33)17-32-18-29(30(19-32)34(35)36)28-15-7-11-23-9-3-5-13-27(23)28/h2-16,18-21H,17H2,1H3. The van der Waals surface area contributed by atoms with Gasteiger partial charge in [0.25, 0.3) is 5.69 Å². The zero-order valence-corrected chi connectivity index (χ0v) is 19.8. The number of benzene rings is 4. The molecule has 0 aliphatic heterocycles. The van der Waals surface area contributed by atoms with Gasteiger partial charge in [0.2, 0.25) is 0 Å². The summed E-state index contributed by atoms with van der Waals surface area (Å²) in [7, 11) is 0. The van der Waals surface area contributed by atoms with Gasteiger partial charge >= 0.3 is 0 Å². The Labute approximate surface area is 208 Å². The maximum atomic E-state index is 12.0. The predicted octanol–water partition coefficient (Wildman–Crippen LogP) is 7.22. The van der Waals surface area contributed by atoms with Crippen LogP contribution in [0.25, 0.3) is 32.7 Å². The fourth-order valence-corrected chi connectivity index (χ4v) is 5.16. The lowest BCUT2D eigenvalue weighted by molar-refractivity contribution is -0.384. The van der Waals surface area contributed by atoms with E-state index < -0.39 is 0 Å². The number of fused-ring (bicyclic) bond motifs is 2. The van der Waals surface area contributed by atoms with Gasteiger partial charge in [-0.2, -0.15) is 0 Å². The van der Waals surface area contributed by atoms with Crippen molar-refractivity contribution in [2.24, 2.45) is 0 Å². The Bertz CT molecular complexity index is 1720. The zero-order chi connectivity index (χ0) is 24.6. The van der Waals surface area contributed by atoms with Crippen molar-refractivity contribution in [2.45, 2.75) is 19.5 Å². The van der Waals surface area contributed by atoms with Gasteiger partial charge < -0.3 is 9.13 Å². The second-order valence-electron chi connectivity index (χ2n) is 9.05. The molecule has 0 amide bonds. The second kappa shape index (κ2) is 8.82. The third-order valence-corrected chi connectivity index (χ3v) is 6.92. The SMILES string of the molecule is CC(c1cccc2ccccc12)n1cncc1Cn1cc(-c2cccc3ccccc23)c([N+](=O)[O-])c1. The van der Waals surface area contributed by atoms with E-state index in [0.29, 0.717) is 12.1 Å². The maximum absolute atomic E-state index is 12.0. The van der Waals surface area contributed by atoms with Gasteiger partial charge in [-0.05, 0) is 39.6 Å². The number of nitro groups is 1. The Morgan fingerprint density at radius 3 is 2.28 bits per heavy atom. The third-order valence-electron chi connectivity index (χ3n) is 6.92. The average Bonchev–Trinajstić information content (AvgIpc) is 3.55. The van der Waals surface area contributed by atoms with Crippen LogP contribution in [0.2, 0.25) is 0 Å². The van der Waals surface area contributed by atoms with Crippen LogP contribution < -0.4 is 0 Å². The van der Waals surface area contributed by atoms with Gasteiger partial charge in [-0.15, -0.1) is 0 Å². The Hall–Kier alpha value is -4.71. The summed E-state index contributed by atoms with van der Waals surface area (Å²) in [6, 6.07) is 28.6. The van der Waals surface area contributed by atoms with Crippen molar-refractivity contribution in [3.05, 3.63) is 131 Å². The highest BCUT2D eigenvalue weighted by Gasteiger charge is 2.22. The summed E-state index contributed by atoms with van der Waals surface area (Å²) in [4.78, 5) is 16.1. The first kappa shape index (κ1) is 21.8. The van der Waals surface area contributed by atoms with Crippen molar-refractivity contribution >= 4 is 27.2 Å². The van der Waals surface area contributed by atoms with Crippen LogP contribution in [0.1, 0.15) is 24.2 Å². The highest BCUT2D eigenvalue weighted by molar-refractivity contribution is 5.98. The molecule has 6 nitrogen and oxygen atoms in total. The minimum absolute atomic E-state index is 0.0525. The van der Waals surface area contributed by atoms with E-state index >= 15 is 0 Å². The molecule has 4 aromatic carbocycles. The molecule has 0 radical (unpaired) electrons. The predicted molar refractivity (Wildman–Crippen MR) is 143 cm³/mol. The Kier molecular flexibility index (Phi) is 5.34. The van der Waals surface area contributed by atoms with Crippen molar-refractivity contribution in [1.82, 2.24) is 14.1 Å². The molecule has 0 aliphatic rings. The van der Waals surface area contributed by atoms with Crippen LogP contribution >= 0.6 is 0 Å². The maximum Gasteiger partial charge on any atom is 0.294 e.